The van der Waals surface area contributed by atoms with Gasteiger partial charge in [-0.1, -0.05) is 0 Å². The highest BCUT2D eigenvalue weighted by Gasteiger charge is 2.26. The molecule has 0 aliphatic rings. The third-order valence-electron chi connectivity index (χ3n) is 3.97. The molecule has 1 rings (SSSR count). The molecular weight excluding hydrogens is 300 g/mol. The van der Waals surface area contributed by atoms with E-state index in [0.29, 0.717) is 11.1 Å². The van der Waals surface area contributed by atoms with Gasteiger partial charge in [0, 0.05) is 6.54 Å². The maximum atomic E-state index is 12.3. The van der Waals surface area contributed by atoms with Gasteiger partial charge in [0.15, 0.2) is 0 Å². The van der Waals surface area contributed by atoms with Crippen molar-refractivity contribution < 1.29 is 22.3 Å². The smallest absolute Gasteiger partial charge is 0.265 e. The van der Waals surface area contributed by atoms with Gasteiger partial charge in [-0.15, -0.1) is 0 Å². The zero-order chi connectivity index (χ0) is 16.5. The van der Waals surface area contributed by atoms with Gasteiger partial charge in [0.05, 0.1) is 4.90 Å². The van der Waals surface area contributed by atoms with E-state index in [1.54, 1.807) is 13.8 Å². The van der Waals surface area contributed by atoms with Crippen LogP contribution in [0.2, 0.25) is 0 Å². The molecule has 4 nitrogen and oxygen atoms in total. The van der Waals surface area contributed by atoms with E-state index >= 15 is 0 Å². The second-order valence-electron chi connectivity index (χ2n) is 5.21. The Morgan fingerprint density at radius 3 is 1.71 bits per heavy atom. The Labute approximate surface area is 124 Å². The Morgan fingerprint density at radius 2 is 1.33 bits per heavy atom. The van der Waals surface area contributed by atoms with Gasteiger partial charge >= 0.3 is 0 Å². The van der Waals surface area contributed by atoms with Crippen LogP contribution in [0.15, 0.2) is 4.90 Å². The maximum absolute atomic E-state index is 12.3. The summed E-state index contributed by atoms with van der Waals surface area (Å²) in [7, 11) is -3.96. The van der Waals surface area contributed by atoms with Crippen molar-refractivity contribution in [1.29, 1.82) is 0 Å². The number of nitrogens with one attached hydrogen (secondary N) is 1. The highest BCUT2D eigenvalue weighted by Crippen LogP contribution is 2.29. The van der Waals surface area contributed by atoms with Crippen molar-refractivity contribution in [3.05, 3.63) is 27.8 Å². The number of benzene rings is 1. The molecule has 21 heavy (non-hydrogen) atoms. The Kier molecular flexibility index (Phi) is 5.46. The molecule has 0 saturated carbocycles. The molecule has 0 aliphatic carbocycles. The molecule has 0 aliphatic heterocycles. The summed E-state index contributed by atoms with van der Waals surface area (Å²) >= 11 is 0. The number of rotatable bonds is 5. The molecule has 0 bridgehead atoms. The summed E-state index contributed by atoms with van der Waals surface area (Å²) in [6.45, 7) is 8.22. The largest absolute Gasteiger partial charge is 0.386 e. The van der Waals surface area contributed by atoms with Gasteiger partial charge in [0.1, 0.15) is 6.10 Å². The fourth-order valence-corrected chi connectivity index (χ4v) is 3.87. The lowest BCUT2D eigenvalue weighted by molar-refractivity contribution is -0.000453. The summed E-state index contributed by atoms with van der Waals surface area (Å²) < 4.78 is 51.3. The van der Waals surface area contributed by atoms with Crippen molar-refractivity contribution >= 4 is 10.0 Å². The number of sulfonamides is 1. The third-order valence-corrected chi connectivity index (χ3v) is 5.67. The first-order valence-electron chi connectivity index (χ1n) is 6.53. The Morgan fingerprint density at radius 1 is 0.952 bits per heavy atom. The van der Waals surface area contributed by atoms with Gasteiger partial charge in [-0.05, 0) is 62.4 Å². The zero-order valence-corrected chi connectivity index (χ0v) is 13.6. The first kappa shape index (κ1) is 18.0. The summed E-state index contributed by atoms with van der Waals surface area (Å²) in [5.41, 5.74) is 3.90. The zero-order valence-electron chi connectivity index (χ0n) is 12.8. The molecule has 1 atom stereocenters. The molecule has 0 saturated heterocycles. The standard InChI is InChI=1S/C14H21F2NO3S/c1-7-8(2)10(4)13(11(5)9(7)3)21(19,20)17-6-12(18)14(15)16/h12,14,17-18H,6H2,1-5H3. The summed E-state index contributed by atoms with van der Waals surface area (Å²) in [6, 6.07) is 0. The minimum absolute atomic E-state index is 0.101. The van der Waals surface area contributed by atoms with E-state index in [1.165, 1.54) is 0 Å². The molecule has 2 N–H and O–H groups in total. The fourth-order valence-electron chi connectivity index (χ4n) is 2.23. The van der Waals surface area contributed by atoms with Crippen LogP contribution in [0.5, 0.6) is 0 Å². The molecular formula is C14H21F2NO3S. The van der Waals surface area contributed by atoms with Gasteiger partial charge < -0.3 is 5.11 Å². The lowest BCUT2D eigenvalue weighted by Gasteiger charge is -2.19. The normalized spacial score (nSPS) is 13.8. The topological polar surface area (TPSA) is 66.4 Å². The van der Waals surface area contributed by atoms with Crippen LogP contribution < -0.4 is 4.72 Å². The van der Waals surface area contributed by atoms with Gasteiger partial charge in [0.25, 0.3) is 6.43 Å². The average Bonchev–Trinajstić information content (AvgIpc) is 2.40. The van der Waals surface area contributed by atoms with Crippen molar-refractivity contribution in [3.63, 3.8) is 0 Å². The minimum atomic E-state index is -3.96. The van der Waals surface area contributed by atoms with Crippen LogP contribution in [0.3, 0.4) is 0 Å². The fraction of sp³-hybridized carbons (Fsp3) is 0.571. The van der Waals surface area contributed by atoms with Gasteiger partial charge in [-0.2, -0.15) is 0 Å². The lowest BCUT2D eigenvalue weighted by Crippen LogP contribution is -2.36. The van der Waals surface area contributed by atoms with Crippen molar-refractivity contribution in [2.45, 2.75) is 52.0 Å². The number of alkyl halides is 2. The van der Waals surface area contributed by atoms with Crippen molar-refractivity contribution in [2.75, 3.05) is 6.54 Å². The monoisotopic (exact) mass is 321 g/mol. The summed E-state index contributed by atoms with van der Waals surface area (Å²) in [5.74, 6) is 0. The van der Waals surface area contributed by atoms with Gasteiger partial charge in [0.2, 0.25) is 10.0 Å². The van der Waals surface area contributed by atoms with E-state index in [1.807, 2.05) is 20.8 Å². The molecule has 0 spiro atoms. The van der Waals surface area contributed by atoms with Crippen molar-refractivity contribution in [2.24, 2.45) is 0 Å². The summed E-state index contributed by atoms with van der Waals surface area (Å²) in [4.78, 5) is 0.101. The highest BCUT2D eigenvalue weighted by molar-refractivity contribution is 7.89. The first-order valence-corrected chi connectivity index (χ1v) is 8.01. The Hall–Kier alpha value is -1.05. The number of hydrogen-bond donors (Lipinski definition) is 2. The molecule has 1 unspecified atom stereocenters. The first-order chi connectivity index (χ1) is 9.50. The van der Waals surface area contributed by atoms with E-state index in [0.717, 1.165) is 16.7 Å². The highest BCUT2D eigenvalue weighted by atomic mass is 32.2. The van der Waals surface area contributed by atoms with E-state index in [2.05, 4.69) is 4.72 Å². The van der Waals surface area contributed by atoms with Crippen LogP contribution in [-0.4, -0.2) is 32.6 Å². The molecule has 7 heteroatoms. The van der Waals surface area contributed by atoms with Crippen LogP contribution >= 0.6 is 0 Å². The average molecular weight is 321 g/mol. The number of halogens is 2. The number of aliphatic hydroxyl groups excluding tert-OH is 1. The van der Waals surface area contributed by atoms with E-state index in [9.17, 15) is 17.2 Å². The number of hydrogen-bond acceptors (Lipinski definition) is 3. The molecule has 1 aromatic carbocycles. The molecule has 0 heterocycles. The molecule has 0 fully saturated rings. The third kappa shape index (κ3) is 3.59. The SMILES string of the molecule is Cc1c(C)c(C)c(S(=O)(=O)NCC(O)C(F)F)c(C)c1C. The van der Waals surface area contributed by atoms with Crippen LogP contribution in [0.4, 0.5) is 8.78 Å². The van der Waals surface area contributed by atoms with E-state index in [4.69, 9.17) is 5.11 Å². The minimum Gasteiger partial charge on any atom is -0.386 e. The predicted molar refractivity (Wildman–Crippen MR) is 77.3 cm³/mol. The predicted octanol–water partition coefficient (Wildman–Crippen LogP) is 2.13. The molecule has 0 amide bonds. The van der Waals surface area contributed by atoms with Gasteiger partial charge in [-0.25, -0.2) is 21.9 Å². The van der Waals surface area contributed by atoms with E-state index < -0.39 is 29.1 Å². The van der Waals surface area contributed by atoms with Crippen LogP contribution in [0.25, 0.3) is 0 Å². The van der Waals surface area contributed by atoms with Crippen LogP contribution in [0, 0.1) is 34.6 Å². The van der Waals surface area contributed by atoms with Crippen molar-refractivity contribution in [1.82, 2.24) is 4.72 Å². The second-order valence-corrected chi connectivity index (χ2v) is 6.91. The molecule has 1 aromatic rings. The maximum Gasteiger partial charge on any atom is 0.265 e. The Balaban J connectivity index is 3.27. The quantitative estimate of drug-likeness (QED) is 0.873. The molecule has 120 valence electrons. The van der Waals surface area contributed by atoms with Gasteiger partial charge in [-0.3, -0.25) is 0 Å². The summed E-state index contributed by atoms with van der Waals surface area (Å²) in [5, 5.41) is 9.05. The Bertz CT molecular complexity index is 613. The van der Waals surface area contributed by atoms with Crippen LogP contribution in [0.1, 0.15) is 27.8 Å². The molecule has 0 aromatic heterocycles. The van der Waals surface area contributed by atoms with Crippen molar-refractivity contribution in [3.8, 4) is 0 Å². The lowest BCUT2D eigenvalue weighted by atomic mass is 9.95. The second kappa shape index (κ2) is 6.37. The number of aliphatic hydroxyl groups is 1. The van der Waals surface area contributed by atoms with E-state index in [-0.39, 0.29) is 4.90 Å². The summed E-state index contributed by atoms with van der Waals surface area (Å²) in [6.07, 6.45) is -5.01. The molecule has 0 radical (unpaired) electrons. The van der Waals surface area contributed by atoms with Crippen LogP contribution in [-0.2, 0) is 10.0 Å².